The van der Waals surface area contributed by atoms with Crippen molar-refractivity contribution in [2.45, 2.75) is 33.9 Å². The highest BCUT2D eigenvalue weighted by molar-refractivity contribution is 5.79. The Morgan fingerprint density at radius 3 is 2.68 bits per heavy atom. The fourth-order valence-electron chi connectivity index (χ4n) is 3.00. The number of rotatable bonds is 6. The maximum absolute atomic E-state index is 14.5. The van der Waals surface area contributed by atoms with Crippen LogP contribution >= 0.6 is 0 Å². The van der Waals surface area contributed by atoms with Crippen LogP contribution in [0.3, 0.4) is 0 Å². The summed E-state index contributed by atoms with van der Waals surface area (Å²) < 4.78 is 25.4. The molecule has 8 heteroatoms. The average molecular weight is 389 g/mol. The number of oxazole rings is 1. The van der Waals surface area contributed by atoms with Gasteiger partial charge < -0.3 is 24.7 Å². The van der Waals surface area contributed by atoms with Crippen molar-refractivity contribution in [3.8, 4) is 0 Å². The van der Waals surface area contributed by atoms with E-state index in [9.17, 15) is 4.39 Å². The summed E-state index contributed by atoms with van der Waals surface area (Å²) in [5.74, 6) is 1.84. The summed E-state index contributed by atoms with van der Waals surface area (Å²) in [6.45, 7) is 10.0. The Morgan fingerprint density at radius 1 is 1.25 bits per heavy atom. The lowest BCUT2D eigenvalue weighted by atomic mass is 10.1. The van der Waals surface area contributed by atoms with Crippen molar-refractivity contribution < 1.29 is 13.5 Å². The van der Waals surface area contributed by atoms with Gasteiger partial charge in [-0.15, -0.1) is 0 Å². The van der Waals surface area contributed by atoms with E-state index >= 15 is 0 Å². The minimum atomic E-state index is -0.224. The predicted molar refractivity (Wildman–Crippen MR) is 107 cm³/mol. The molecule has 0 atom stereocenters. The lowest BCUT2D eigenvalue weighted by Gasteiger charge is -2.29. The number of benzene rings is 1. The predicted octanol–water partition coefficient (Wildman–Crippen LogP) is 2.52. The molecule has 0 bridgehead atoms. The molecule has 0 saturated carbocycles. The number of anilines is 1. The number of morpholine rings is 1. The van der Waals surface area contributed by atoms with Crippen LogP contribution in [0, 0.1) is 19.7 Å². The second kappa shape index (κ2) is 9.54. The Morgan fingerprint density at radius 2 is 2.04 bits per heavy atom. The normalized spacial score (nSPS) is 15.0. The second-order valence-corrected chi connectivity index (χ2v) is 6.68. The Bertz CT molecular complexity index is 795. The van der Waals surface area contributed by atoms with Gasteiger partial charge in [0.25, 0.3) is 0 Å². The van der Waals surface area contributed by atoms with Crippen molar-refractivity contribution in [2.75, 3.05) is 37.7 Å². The number of guanidine groups is 1. The topological polar surface area (TPSA) is 74.9 Å². The molecule has 1 fully saturated rings. The first-order valence-corrected chi connectivity index (χ1v) is 9.63. The summed E-state index contributed by atoms with van der Waals surface area (Å²) in [6, 6.07) is 5.30. The van der Waals surface area contributed by atoms with Gasteiger partial charge in [-0.3, -0.25) is 0 Å². The van der Waals surface area contributed by atoms with Crippen LogP contribution in [0.2, 0.25) is 0 Å². The molecular formula is C20H28FN5O2. The van der Waals surface area contributed by atoms with Gasteiger partial charge in [0.15, 0.2) is 5.96 Å². The Kier molecular flexibility index (Phi) is 6.86. The van der Waals surface area contributed by atoms with Gasteiger partial charge >= 0.3 is 0 Å². The van der Waals surface area contributed by atoms with Crippen LogP contribution in [0.15, 0.2) is 27.6 Å². The first kappa shape index (κ1) is 20.1. The average Bonchev–Trinajstić information content (AvgIpc) is 3.02. The molecule has 2 heterocycles. The summed E-state index contributed by atoms with van der Waals surface area (Å²) in [6.07, 6.45) is 0. The van der Waals surface area contributed by atoms with E-state index in [1.807, 2.05) is 37.8 Å². The third kappa shape index (κ3) is 5.22. The molecule has 1 aromatic carbocycles. The van der Waals surface area contributed by atoms with Crippen molar-refractivity contribution in [1.82, 2.24) is 15.6 Å². The molecule has 1 aliphatic heterocycles. The fraction of sp³-hybridized carbons (Fsp3) is 0.500. The van der Waals surface area contributed by atoms with Crippen LogP contribution in [0.4, 0.5) is 10.1 Å². The molecule has 0 amide bonds. The highest BCUT2D eigenvalue weighted by Gasteiger charge is 2.15. The first-order valence-electron chi connectivity index (χ1n) is 9.63. The number of ether oxygens (including phenoxy) is 1. The molecule has 2 N–H and O–H groups in total. The standard InChI is InChI=1S/C20H28FN5O2/c1-4-22-20(24-13-19-25-14(2)15(3)28-19)23-12-16-5-6-18(17(21)11-16)26-7-9-27-10-8-26/h5-6,11H,4,7-10,12-13H2,1-3H3,(H2,22,23,24). The van der Waals surface area contributed by atoms with Gasteiger partial charge in [0.05, 0.1) is 37.7 Å². The number of halogens is 1. The van der Waals surface area contributed by atoms with E-state index in [2.05, 4.69) is 20.6 Å². The van der Waals surface area contributed by atoms with Gasteiger partial charge in [-0.2, -0.15) is 0 Å². The van der Waals surface area contributed by atoms with Gasteiger partial charge in [0.1, 0.15) is 11.6 Å². The number of hydrogen-bond donors (Lipinski definition) is 2. The summed E-state index contributed by atoms with van der Waals surface area (Å²) in [5.41, 5.74) is 2.32. The van der Waals surface area contributed by atoms with Crippen molar-refractivity contribution in [3.63, 3.8) is 0 Å². The van der Waals surface area contributed by atoms with Crippen molar-refractivity contribution in [1.29, 1.82) is 0 Å². The molecule has 2 aromatic rings. The summed E-state index contributed by atoms with van der Waals surface area (Å²) >= 11 is 0. The van der Waals surface area contributed by atoms with Gasteiger partial charge in [0, 0.05) is 19.6 Å². The zero-order valence-corrected chi connectivity index (χ0v) is 16.7. The van der Waals surface area contributed by atoms with E-state index in [0.29, 0.717) is 56.9 Å². The fourth-order valence-corrected chi connectivity index (χ4v) is 3.00. The Labute approximate surface area is 165 Å². The number of hydrogen-bond acceptors (Lipinski definition) is 5. The Hall–Kier alpha value is -2.61. The van der Waals surface area contributed by atoms with Gasteiger partial charge in [-0.1, -0.05) is 6.07 Å². The quantitative estimate of drug-likeness (QED) is 0.584. The monoisotopic (exact) mass is 389 g/mol. The van der Waals surface area contributed by atoms with E-state index < -0.39 is 0 Å². The van der Waals surface area contributed by atoms with Crippen LogP contribution < -0.4 is 15.5 Å². The number of aromatic nitrogens is 1. The molecule has 0 aliphatic carbocycles. The molecule has 1 aromatic heterocycles. The number of nitrogens with zero attached hydrogens (tertiary/aromatic N) is 3. The van der Waals surface area contributed by atoms with Crippen molar-refractivity contribution in [2.24, 2.45) is 4.99 Å². The van der Waals surface area contributed by atoms with E-state index in [4.69, 9.17) is 9.15 Å². The van der Waals surface area contributed by atoms with Crippen LogP contribution in [0.5, 0.6) is 0 Å². The summed E-state index contributed by atoms with van der Waals surface area (Å²) in [4.78, 5) is 10.9. The molecule has 0 unspecified atom stereocenters. The smallest absolute Gasteiger partial charge is 0.214 e. The third-order valence-corrected chi connectivity index (χ3v) is 4.61. The third-order valence-electron chi connectivity index (χ3n) is 4.61. The Balaban J connectivity index is 1.62. The number of aliphatic imine (C=N–C) groups is 1. The molecule has 152 valence electrons. The van der Waals surface area contributed by atoms with E-state index in [1.54, 1.807) is 6.07 Å². The van der Waals surface area contributed by atoms with E-state index in [0.717, 1.165) is 23.6 Å². The molecule has 28 heavy (non-hydrogen) atoms. The summed E-state index contributed by atoms with van der Waals surface area (Å²) in [7, 11) is 0. The van der Waals surface area contributed by atoms with Crippen LogP contribution in [-0.4, -0.2) is 43.8 Å². The van der Waals surface area contributed by atoms with Crippen LogP contribution in [0.25, 0.3) is 0 Å². The van der Waals surface area contributed by atoms with Crippen molar-refractivity contribution in [3.05, 3.63) is 46.9 Å². The minimum absolute atomic E-state index is 0.224. The van der Waals surface area contributed by atoms with Crippen LogP contribution in [-0.2, 0) is 17.8 Å². The summed E-state index contributed by atoms with van der Waals surface area (Å²) in [5, 5.41) is 6.37. The zero-order valence-electron chi connectivity index (χ0n) is 16.7. The van der Waals surface area contributed by atoms with Gasteiger partial charge in [0.2, 0.25) is 5.89 Å². The molecule has 1 saturated heterocycles. The lowest BCUT2D eigenvalue weighted by Crippen LogP contribution is -2.37. The highest BCUT2D eigenvalue weighted by atomic mass is 19.1. The number of aryl methyl sites for hydroxylation is 2. The zero-order chi connectivity index (χ0) is 19.9. The minimum Gasteiger partial charge on any atom is -0.444 e. The second-order valence-electron chi connectivity index (χ2n) is 6.68. The number of nitrogens with one attached hydrogen (secondary N) is 2. The maximum Gasteiger partial charge on any atom is 0.214 e. The largest absolute Gasteiger partial charge is 0.444 e. The molecule has 0 radical (unpaired) electrons. The molecule has 7 nitrogen and oxygen atoms in total. The molecular weight excluding hydrogens is 361 g/mol. The highest BCUT2D eigenvalue weighted by Crippen LogP contribution is 2.22. The SMILES string of the molecule is CCNC(=NCc1ccc(N2CCOCC2)c(F)c1)NCc1nc(C)c(C)o1. The molecule has 0 spiro atoms. The first-order chi connectivity index (χ1) is 13.6. The van der Waals surface area contributed by atoms with E-state index in [-0.39, 0.29) is 5.82 Å². The maximum atomic E-state index is 14.5. The van der Waals surface area contributed by atoms with Crippen molar-refractivity contribution >= 4 is 11.6 Å². The lowest BCUT2D eigenvalue weighted by molar-refractivity contribution is 0.122. The molecule has 3 rings (SSSR count). The van der Waals surface area contributed by atoms with Crippen LogP contribution in [0.1, 0.15) is 29.8 Å². The van der Waals surface area contributed by atoms with Gasteiger partial charge in [-0.05, 0) is 38.5 Å². The van der Waals surface area contributed by atoms with Gasteiger partial charge in [-0.25, -0.2) is 14.4 Å². The molecule has 1 aliphatic rings. The van der Waals surface area contributed by atoms with E-state index in [1.165, 1.54) is 0 Å².